The van der Waals surface area contributed by atoms with Crippen LogP contribution in [0.1, 0.15) is 59.8 Å². The molecule has 0 bridgehead atoms. The Morgan fingerprint density at radius 1 is 1.26 bits per heavy atom. The van der Waals surface area contributed by atoms with Crippen LogP contribution in [0.15, 0.2) is 10.4 Å². The van der Waals surface area contributed by atoms with E-state index in [1.165, 1.54) is 17.5 Å². The van der Waals surface area contributed by atoms with Gasteiger partial charge >= 0.3 is 0 Å². The molecule has 3 heterocycles. The number of anilines is 1. The Labute approximate surface area is 192 Å². The third-order valence-corrected chi connectivity index (χ3v) is 9.59. The number of hydrogen-bond acceptors (Lipinski definition) is 7. The van der Waals surface area contributed by atoms with Gasteiger partial charge in [-0.3, -0.25) is 0 Å². The van der Waals surface area contributed by atoms with Crippen molar-refractivity contribution in [3.05, 3.63) is 6.20 Å². The van der Waals surface area contributed by atoms with Crippen molar-refractivity contribution in [3.63, 3.8) is 0 Å². The Hall–Kier alpha value is -0.740. The van der Waals surface area contributed by atoms with Crippen LogP contribution in [0.4, 0.5) is 5.13 Å². The van der Waals surface area contributed by atoms with Crippen LogP contribution >= 0.6 is 11.3 Å². The lowest BCUT2D eigenvalue weighted by Gasteiger charge is -2.36. The summed E-state index contributed by atoms with van der Waals surface area (Å²) in [5.74, 6) is 1.04. The van der Waals surface area contributed by atoms with Crippen LogP contribution in [0.25, 0.3) is 0 Å². The van der Waals surface area contributed by atoms with Crippen LogP contribution in [0.3, 0.4) is 0 Å². The average Bonchev–Trinajstić information content (AvgIpc) is 3.18. The van der Waals surface area contributed by atoms with Gasteiger partial charge in [0.25, 0.3) is 10.0 Å². The number of piperidine rings is 2. The highest BCUT2D eigenvalue weighted by Gasteiger charge is 2.32. The van der Waals surface area contributed by atoms with E-state index in [2.05, 4.69) is 42.9 Å². The molecular formula is C22H40N4O3S2. The highest BCUT2D eigenvalue weighted by atomic mass is 32.2. The van der Waals surface area contributed by atoms with Crippen molar-refractivity contribution in [3.8, 4) is 0 Å². The van der Waals surface area contributed by atoms with Gasteiger partial charge in [-0.05, 0) is 43.9 Å². The van der Waals surface area contributed by atoms with E-state index in [-0.39, 0.29) is 12.0 Å². The van der Waals surface area contributed by atoms with Crippen LogP contribution in [0, 0.1) is 17.3 Å². The van der Waals surface area contributed by atoms with Crippen molar-refractivity contribution < 1.29 is 13.5 Å². The summed E-state index contributed by atoms with van der Waals surface area (Å²) < 4.78 is 28.4. The summed E-state index contributed by atoms with van der Waals surface area (Å²) in [5, 5.41) is 13.6. The molecule has 0 saturated carbocycles. The number of thiazole rings is 1. The van der Waals surface area contributed by atoms with Crippen molar-refractivity contribution in [2.75, 3.05) is 44.6 Å². The molecule has 1 aromatic rings. The lowest BCUT2D eigenvalue weighted by atomic mass is 9.91. The SMILES string of the molecule is CC(C)CC1CCCN(S(=O)(=O)c2cnc(NC3CCN(CC(C)(C)CO)CC3)s2)C1. The molecule has 178 valence electrons. The summed E-state index contributed by atoms with van der Waals surface area (Å²) in [6, 6.07) is 0.306. The zero-order valence-electron chi connectivity index (χ0n) is 19.5. The number of nitrogens with zero attached hydrogens (tertiary/aromatic N) is 3. The van der Waals surface area contributed by atoms with E-state index in [0.29, 0.717) is 40.3 Å². The van der Waals surface area contributed by atoms with Crippen LogP contribution in [-0.2, 0) is 10.0 Å². The Balaban J connectivity index is 1.54. The number of likely N-dealkylation sites (tertiary alicyclic amines) is 1. The second kappa shape index (κ2) is 10.5. The van der Waals surface area contributed by atoms with Gasteiger partial charge in [-0.1, -0.05) is 39.0 Å². The minimum atomic E-state index is -3.47. The second-order valence-corrected chi connectivity index (χ2v) is 13.7. The zero-order chi connectivity index (χ0) is 22.6. The van der Waals surface area contributed by atoms with Gasteiger partial charge in [0.1, 0.15) is 0 Å². The van der Waals surface area contributed by atoms with Gasteiger partial charge in [-0.15, -0.1) is 0 Å². The molecule has 7 nitrogen and oxygen atoms in total. The summed E-state index contributed by atoms with van der Waals surface area (Å²) in [6.07, 6.45) is 6.64. The van der Waals surface area contributed by atoms with E-state index in [1.807, 2.05) is 0 Å². The topological polar surface area (TPSA) is 85.8 Å². The molecule has 0 aromatic carbocycles. The van der Waals surface area contributed by atoms with Crippen LogP contribution in [-0.4, -0.2) is 73.1 Å². The number of aliphatic hydroxyl groups is 1. The summed E-state index contributed by atoms with van der Waals surface area (Å²) in [6.45, 7) is 12.8. The van der Waals surface area contributed by atoms with Gasteiger partial charge in [-0.2, -0.15) is 4.31 Å². The van der Waals surface area contributed by atoms with E-state index in [0.717, 1.165) is 51.7 Å². The van der Waals surface area contributed by atoms with Gasteiger partial charge in [0.2, 0.25) is 0 Å². The minimum Gasteiger partial charge on any atom is -0.396 e. The molecule has 2 N–H and O–H groups in total. The van der Waals surface area contributed by atoms with Gasteiger partial charge < -0.3 is 15.3 Å². The number of rotatable bonds is 9. The van der Waals surface area contributed by atoms with Crippen molar-refractivity contribution in [1.29, 1.82) is 0 Å². The monoisotopic (exact) mass is 472 g/mol. The lowest BCUT2D eigenvalue weighted by molar-refractivity contribution is 0.0903. The smallest absolute Gasteiger partial charge is 0.254 e. The number of aliphatic hydroxyl groups excluding tert-OH is 1. The molecule has 2 fully saturated rings. The van der Waals surface area contributed by atoms with Gasteiger partial charge in [0.15, 0.2) is 9.34 Å². The molecule has 31 heavy (non-hydrogen) atoms. The Kier molecular flexibility index (Phi) is 8.40. The molecule has 0 spiro atoms. The van der Waals surface area contributed by atoms with Crippen LogP contribution in [0.5, 0.6) is 0 Å². The lowest BCUT2D eigenvalue weighted by Crippen LogP contribution is -2.44. The fourth-order valence-electron chi connectivity index (χ4n) is 4.74. The quantitative estimate of drug-likeness (QED) is 0.572. The first-order valence-corrected chi connectivity index (χ1v) is 13.9. The second-order valence-electron chi connectivity index (χ2n) is 10.5. The standard InChI is InChI=1S/C22H40N4O3S2/c1-17(2)12-18-6-5-9-26(14-18)31(28,29)20-13-23-21(30-20)24-19-7-10-25(11-8-19)15-22(3,4)16-27/h13,17-19,27H,5-12,14-16H2,1-4H3,(H,23,24). The Morgan fingerprint density at radius 3 is 2.61 bits per heavy atom. The molecule has 1 atom stereocenters. The van der Waals surface area contributed by atoms with Crippen molar-refractivity contribution in [2.24, 2.45) is 17.3 Å². The van der Waals surface area contributed by atoms with Gasteiger partial charge in [0.05, 0.1) is 6.20 Å². The largest absolute Gasteiger partial charge is 0.396 e. The summed E-state index contributed by atoms with van der Waals surface area (Å²) in [7, 11) is -3.47. The molecule has 3 rings (SSSR count). The predicted molar refractivity (Wildman–Crippen MR) is 127 cm³/mol. The molecular weight excluding hydrogens is 432 g/mol. The van der Waals surface area contributed by atoms with Crippen molar-refractivity contribution in [2.45, 2.75) is 70.1 Å². The molecule has 2 aliphatic rings. The van der Waals surface area contributed by atoms with E-state index < -0.39 is 10.0 Å². The molecule has 2 aliphatic heterocycles. The van der Waals surface area contributed by atoms with Crippen molar-refractivity contribution >= 4 is 26.5 Å². The van der Waals surface area contributed by atoms with Crippen LogP contribution in [0.2, 0.25) is 0 Å². The minimum absolute atomic E-state index is 0.0819. The normalized spacial score (nSPS) is 22.8. The maximum atomic E-state index is 13.2. The van der Waals surface area contributed by atoms with Gasteiger partial charge in [0, 0.05) is 50.8 Å². The zero-order valence-corrected chi connectivity index (χ0v) is 21.1. The number of hydrogen-bond donors (Lipinski definition) is 2. The predicted octanol–water partition coefficient (Wildman–Crippen LogP) is 3.48. The molecule has 0 amide bonds. The highest BCUT2D eigenvalue weighted by Crippen LogP contribution is 2.32. The summed E-state index contributed by atoms with van der Waals surface area (Å²) in [5.41, 5.74) is -0.0819. The average molecular weight is 473 g/mol. The fraction of sp³-hybridized carbons (Fsp3) is 0.864. The maximum Gasteiger partial charge on any atom is 0.254 e. The molecule has 1 unspecified atom stereocenters. The number of aromatic nitrogens is 1. The number of nitrogens with one attached hydrogen (secondary N) is 1. The first kappa shape index (κ1) is 24.9. The highest BCUT2D eigenvalue weighted by molar-refractivity contribution is 7.91. The third kappa shape index (κ3) is 6.87. The molecule has 0 radical (unpaired) electrons. The molecule has 9 heteroatoms. The molecule has 0 aliphatic carbocycles. The third-order valence-electron chi connectivity index (χ3n) is 6.36. The first-order valence-electron chi connectivity index (χ1n) is 11.6. The maximum absolute atomic E-state index is 13.2. The molecule has 2 saturated heterocycles. The summed E-state index contributed by atoms with van der Waals surface area (Å²) in [4.78, 5) is 6.78. The molecule has 1 aromatic heterocycles. The fourth-order valence-corrected chi connectivity index (χ4v) is 7.56. The van der Waals surface area contributed by atoms with E-state index in [9.17, 15) is 13.5 Å². The van der Waals surface area contributed by atoms with E-state index in [1.54, 1.807) is 4.31 Å². The van der Waals surface area contributed by atoms with E-state index in [4.69, 9.17) is 0 Å². The van der Waals surface area contributed by atoms with E-state index >= 15 is 0 Å². The Morgan fingerprint density at radius 2 is 1.97 bits per heavy atom. The van der Waals surface area contributed by atoms with Crippen LogP contribution < -0.4 is 5.32 Å². The first-order chi connectivity index (χ1) is 14.6. The van der Waals surface area contributed by atoms with Gasteiger partial charge in [-0.25, -0.2) is 13.4 Å². The Bertz CT molecular complexity index is 801. The number of sulfonamides is 1. The summed E-state index contributed by atoms with van der Waals surface area (Å²) >= 11 is 1.26. The van der Waals surface area contributed by atoms with Crippen molar-refractivity contribution in [1.82, 2.24) is 14.2 Å².